The molecule has 0 aliphatic heterocycles. The van der Waals surface area contributed by atoms with Crippen LogP contribution in [0.25, 0.3) is 0 Å². The smallest absolute Gasteiger partial charge is 0.354 e. The van der Waals surface area contributed by atoms with Gasteiger partial charge in [-0.25, -0.2) is 9.97 Å². The summed E-state index contributed by atoms with van der Waals surface area (Å²) in [6, 6.07) is 9.33. The molecule has 0 saturated carbocycles. The first-order valence-corrected chi connectivity index (χ1v) is 8.03. The topological polar surface area (TPSA) is 110 Å². The van der Waals surface area contributed by atoms with E-state index in [1.54, 1.807) is 17.9 Å². The van der Waals surface area contributed by atoms with E-state index in [1.807, 2.05) is 38.1 Å². The number of nitro groups is 1. The fourth-order valence-corrected chi connectivity index (χ4v) is 2.62. The Morgan fingerprint density at radius 3 is 2.69 bits per heavy atom. The number of nitrogens with zero attached hydrogens (tertiary/aromatic N) is 5. The Morgan fingerprint density at radius 1 is 1.27 bits per heavy atom. The number of anilines is 4. The number of nitrogens with one attached hydrogen (secondary N) is 1. The van der Waals surface area contributed by atoms with Crippen molar-refractivity contribution in [1.82, 2.24) is 15.1 Å². The van der Waals surface area contributed by atoms with Gasteiger partial charge in [-0.2, -0.15) is 0 Å². The molecule has 0 saturated heterocycles. The van der Waals surface area contributed by atoms with Crippen LogP contribution in [0, 0.1) is 24.0 Å². The zero-order chi connectivity index (χ0) is 18.7. The van der Waals surface area contributed by atoms with Crippen LogP contribution in [0.1, 0.15) is 18.2 Å². The second kappa shape index (κ2) is 7.18. The van der Waals surface area contributed by atoms with Crippen molar-refractivity contribution in [3.63, 3.8) is 0 Å². The highest BCUT2D eigenvalue weighted by Crippen LogP contribution is 2.36. The predicted molar refractivity (Wildman–Crippen MR) is 97.1 cm³/mol. The molecule has 3 aromatic rings. The molecule has 2 heterocycles. The van der Waals surface area contributed by atoms with Crippen LogP contribution in [0.2, 0.25) is 0 Å². The van der Waals surface area contributed by atoms with Gasteiger partial charge in [-0.15, -0.1) is 0 Å². The van der Waals surface area contributed by atoms with Crippen molar-refractivity contribution >= 4 is 28.8 Å². The lowest BCUT2D eigenvalue weighted by Crippen LogP contribution is -2.20. The molecule has 0 amide bonds. The average Bonchev–Trinajstić information content (AvgIpc) is 3.00. The molecule has 9 nitrogen and oxygen atoms in total. The summed E-state index contributed by atoms with van der Waals surface area (Å²) in [6.45, 7) is 6.10. The van der Waals surface area contributed by atoms with Crippen LogP contribution in [0.3, 0.4) is 0 Å². The highest BCUT2D eigenvalue weighted by atomic mass is 16.6. The Labute approximate surface area is 149 Å². The van der Waals surface area contributed by atoms with E-state index < -0.39 is 4.92 Å². The molecular weight excluding hydrogens is 336 g/mol. The summed E-state index contributed by atoms with van der Waals surface area (Å²) in [5.41, 5.74) is 1.64. The Balaban J connectivity index is 2.08. The molecular formula is C17H18N6O3. The molecule has 0 bridgehead atoms. The van der Waals surface area contributed by atoms with Crippen LogP contribution in [-0.2, 0) is 0 Å². The van der Waals surface area contributed by atoms with Gasteiger partial charge in [0.1, 0.15) is 12.1 Å². The standard InChI is InChI=1S/C17H18N6O3/c1-4-22(13-7-5-6-11(2)8-13)17-15(23(24)25)16(18-10-19-17)20-14-9-12(3)26-21-14/h5-10H,4H2,1-3H3,(H,18,19,20,21). The third-order valence-electron chi connectivity index (χ3n) is 3.75. The summed E-state index contributed by atoms with van der Waals surface area (Å²) < 4.78 is 4.98. The highest BCUT2D eigenvalue weighted by Gasteiger charge is 2.28. The van der Waals surface area contributed by atoms with E-state index in [0.717, 1.165) is 11.3 Å². The molecule has 0 unspecified atom stereocenters. The van der Waals surface area contributed by atoms with Crippen molar-refractivity contribution in [3.8, 4) is 0 Å². The molecule has 0 fully saturated rings. The predicted octanol–water partition coefficient (Wildman–Crippen LogP) is 3.89. The molecule has 0 aliphatic rings. The van der Waals surface area contributed by atoms with Gasteiger partial charge in [-0.1, -0.05) is 17.3 Å². The first kappa shape index (κ1) is 17.3. The minimum absolute atomic E-state index is 0.0550. The Morgan fingerprint density at radius 2 is 2.08 bits per heavy atom. The number of benzene rings is 1. The summed E-state index contributed by atoms with van der Waals surface area (Å²) in [5.74, 6) is 1.19. The molecule has 9 heteroatoms. The van der Waals surface area contributed by atoms with Crippen molar-refractivity contribution in [2.45, 2.75) is 20.8 Å². The normalized spacial score (nSPS) is 10.6. The van der Waals surface area contributed by atoms with Gasteiger partial charge in [0, 0.05) is 18.3 Å². The summed E-state index contributed by atoms with van der Waals surface area (Å²) in [7, 11) is 0. The van der Waals surface area contributed by atoms with Gasteiger partial charge in [-0.3, -0.25) is 10.1 Å². The van der Waals surface area contributed by atoms with Crippen LogP contribution >= 0.6 is 0 Å². The number of aromatic nitrogens is 3. The Kier molecular flexibility index (Phi) is 4.78. The van der Waals surface area contributed by atoms with Crippen molar-refractivity contribution in [2.75, 3.05) is 16.8 Å². The van der Waals surface area contributed by atoms with E-state index in [4.69, 9.17) is 4.52 Å². The van der Waals surface area contributed by atoms with E-state index in [-0.39, 0.29) is 17.3 Å². The van der Waals surface area contributed by atoms with E-state index in [9.17, 15) is 10.1 Å². The molecule has 2 aromatic heterocycles. The van der Waals surface area contributed by atoms with Gasteiger partial charge >= 0.3 is 5.69 Å². The Hall–Kier alpha value is -3.49. The quantitative estimate of drug-likeness (QED) is 0.524. The van der Waals surface area contributed by atoms with Gasteiger partial charge in [0.2, 0.25) is 11.6 Å². The Bertz CT molecular complexity index is 940. The molecule has 0 atom stereocenters. The maximum absolute atomic E-state index is 11.8. The second-order valence-electron chi connectivity index (χ2n) is 5.68. The first-order valence-electron chi connectivity index (χ1n) is 8.03. The maximum Gasteiger partial charge on any atom is 0.354 e. The van der Waals surface area contributed by atoms with E-state index >= 15 is 0 Å². The largest absolute Gasteiger partial charge is 0.360 e. The third-order valence-corrected chi connectivity index (χ3v) is 3.75. The lowest BCUT2D eigenvalue weighted by atomic mass is 10.2. The van der Waals surface area contributed by atoms with Crippen molar-refractivity contribution in [2.24, 2.45) is 0 Å². The van der Waals surface area contributed by atoms with E-state index in [2.05, 4.69) is 20.4 Å². The molecule has 1 N–H and O–H groups in total. The van der Waals surface area contributed by atoms with Gasteiger partial charge < -0.3 is 14.7 Å². The summed E-state index contributed by atoms with van der Waals surface area (Å²) >= 11 is 0. The second-order valence-corrected chi connectivity index (χ2v) is 5.68. The molecule has 0 spiro atoms. The SMILES string of the molecule is CCN(c1cccc(C)c1)c1ncnc(Nc2cc(C)on2)c1[N+](=O)[O-]. The lowest BCUT2D eigenvalue weighted by molar-refractivity contribution is -0.383. The fourth-order valence-electron chi connectivity index (χ4n) is 2.62. The summed E-state index contributed by atoms with van der Waals surface area (Å²) in [4.78, 5) is 21.2. The van der Waals surface area contributed by atoms with Crippen LogP contribution in [-0.4, -0.2) is 26.6 Å². The zero-order valence-corrected chi connectivity index (χ0v) is 14.6. The van der Waals surface area contributed by atoms with Crippen molar-refractivity contribution in [3.05, 3.63) is 58.1 Å². The maximum atomic E-state index is 11.8. The van der Waals surface area contributed by atoms with Gasteiger partial charge in [0.05, 0.1) is 4.92 Å². The van der Waals surface area contributed by atoms with Crippen LogP contribution < -0.4 is 10.2 Å². The number of rotatable bonds is 6. The lowest BCUT2D eigenvalue weighted by Gasteiger charge is -2.22. The highest BCUT2D eigenvalue weighted by molar-refractivity contribution is 5.77. The van der Waals surface area contributed by atoms with Crippen molar-refractivity contribution in [1.29, 1.82) is 0 Å². The molecule has 1 aromatic carbocycles. The molecule has 0 radical (unpaired) electrons. The van der Waals surface area contributed by atoms with Gasteiger partial charge in [0.15, 0.2) is 5.82 Å². The first-order chi connectivity index (χ1) is 12.5. The minimum Gasteiger partial charge on any atom is -0.360 e. The van der Waals surface area contributed by atoms with Crippen LogP contribution in [0.15, 0.2) is 41.2 Å². The van der Waals surface area contributed by atoms with Gasteiger partial charge in [0.25, 0.3) is 0 Å². The fraction of sp³-hybridized carbons (Fsp3) is 0.235. The van der Waals surface area contributed by atoms with E-state index in [1.165, 1.54) is 6.33 Å². The minimum atomic E-state index is -0.497. The average molecular weight is 354 g/mol. The molecule has 26 heavy (non-hydrogen) atoms. The van der Waals surface area contributed by atoms with Gasteiger partial charge in [-0.05, 0) is 38.5 Å². The zero-order valence-electron chi connectivity index (χ0n) is 14.6. The monoisotopic (exact) mass is 354 g/mol. The number of hydrogen-bond donors (Lipinski definition) is 1. The molecule has 3 rings (SSSR count). The van der Waals surface area contributed by atoms with Crippen LogP contribution in [0.4, 0.5) is 28.8 Å². The molecule has 0 aliphatic carbocycles. The summed E-state index contributed by atoms with van der Waals surface area (Å²) in [6.07, 6.45) is 1.29. The van der Waals surface area contributed by atoms with E-state index in [0.29, 0.717) is 18.1 Å². The third kappa shape index (κ3) is 3.46. The number of hydrogen-bond acceptors (Lipinski definition) is 8. The van der Waals surface area contributed by atoms with Crippen LogP contribution in [0.5, 0.6) is 0 Å². The number of aryl methyl sites for hydroxylation is 2. The molecule has 134 valence electrons. The van der Waals surface area contributed by atoms with Crippen molar-refractivity contribution < 1.29 is 9.45 Å². The summed E-state index contributed by atoms with van der Waals surface area (Å²) in [5, 5.41) is 18.4.